The molecular weight excluding hydrogens is 448 g/mol. The Morgan fingerprint density at radius 3 is 2.47 bits per heavy atom. The number of carbonyl (C=O) groups is 1. The Balaban J connectivity index is 1.41. The van der Waals surface area contributed by atoms with Crippen LogP contribution in [-0.4, -0.2) is 28.5 Å². The van der Waals surface area contributed by atoms with E-state index in [-0.39, 0.29) is 12.5 Å². The first-order valence-electron chi connectivity index (χ1n) is 12.3. The van der Waals surface area contributed by atoms with Crippen LogP contribution in [0.25, 0.3) is 16.9 Å². The standard InChI is InChI=1S/C30H32N4O2/c1-4-8-23(3)24-15-17-28(18-16-24)36-21-29(35)32-31-19-26-20-34(27-9-6-5-7-10-27)33-30(26)25-13-11-22(2)12-14-25/h5-7,9-20,23H,4,8,21H2,1-3H3,(H,32,35)/b31-19+. The van der Waals surface area contributed by atoms with E-state index in [0.717, 1.165) is 35.3 Å². The van der Waals surface area contributed by atoms with Gasteiger partial charge in [0.1, 0.15) is 11.4 Å². The molecule has 0 aliphatic carbocycles. The van der Waals surface area contributed by atoms with Crippen LogP contribution >= 0.6 is 0 Å². The van der Waals surface area contributed by atoms with Gasteiger partial charge in [-0.2, -0.15) is 10.2 Å². The summed E-state index contributed by atoms with van der Waals surface area (Å²) in [5.74, 6) is 0.840. The van der Waals surface area contributed by atoms with Crippen LogP contribution in [0.5, 0.6) is 5.75 Å². The third-order valence-electron chi connectivity index (χ3n) is 6.02. The molecular formula is C30H32N4O2. The Labute approximate surface area is 212 Å². The monoisotopic (exact) mass is 480 g/mol. The molecule has 6 nitrogen and oxygen atoms in total. The maximum absolute atomic E-state index is 12.3. The van der Waals surface area contributed by atoms with Crippen molar-refractivity contribution in [3.8, 4) is 22.7 Å². The molecule has 184 valence electrons. The Bertz CT molecular complexity index is 1290. The van der Waals surface area contributed by atoms with Gasteiger partial charge in [0, 0.05) is 17.3 Å². The minimum Gasteiger partial charge on any atom is -0.484 e. The summed E-state index contributed by atoms with van der Waals surface area (Å²) in [6.07, 6.45) is 5.82. The number of hydrogen-bond acceptors (Lipinski definition) is 4. The number of para-hydroxylation sites is 1. The summed E-state index contributed by atoms with van der Waals surface area (Å²) in [5.41, 5.74) is 8.50. The summed E-state index contributed by atoms with van der Waals surface area (Å²) >= 11 is 0. The second-order valence-corrected chi connectivity index (χ2v) is 8.92. The number of aromatic nitrogens is 2. The van der Waals surface area contributed by atoms with Gasteiger partial charge in [0.05, 0.1) is 11.9 Å². The number of ether oxygens (including phenoxy) is 1. The highest BCUT2D eigenvalue weighted by Gasteiger charge is 2.11. The summed E-state index contributed by atoms with van der Waals surface area (Å²) in [6.45, 7) is 6.34. The van der Waals surface area contributed by atoms with Crippen molar-refractivity contribution in [3.63, 3.8) is 0 Å². The van der Waals surface area contributed by atoms with Gasteiger partial charge in [-0.05, 0) is 49.1 Å². The minimum absolute atomic E-state index is 0.116. The van der Waals surface area contributed by atoms with Gasteiger partial charge in [-0.3, -0.25) is 4.79 Å². The van der Waals surface area contributed by atoms with Gasteiger partial charge in [-0.1, -0.05) is 80.4 Å². The van der Waals surface area contributed by atoms with Crippen molar-refractivity contribution in [1.29, 1.82) is 0 Å². The molecule has 0 radical (unpaired) electrons. The number of amides is 1. The average molecular weight is 481 g/mol. The number of rotatable bonds is 10. The topological polar surface area (TPSA) is 68.5 Å². The van der Waals surface area contributed by atoms with E-state index in [1.54, 1.807) is 6.21 Å². The number of nitrogens with one attached hydrogen (secondary N) is 1. The molecule has 36 heavy (non-hydrogen) atoms. The second kappa shape index (κ2) is 12.0. The molecule has 4 aromatic rings. The van der Waals surface area contributed by atoms with Crippen LogP contribution in [0.1, 0.15) is 49.3 Å². The molecule has 1 unspecified atom stereocenters. The maximum Gasteiger partial charge on any atom is 0.277 e. The third kappa shape index (κ3) is 6.48. The molecule has 1 N–H and O–H groups in total. The fraction of sp³-hybridized carbons (Fsp3) is 0.233. The first-order valence-corrected chi connectivity index (χ1v) is 12.3. The predicted molar refractivity (Wildman–Crippen MR) is 145 cm³/mol. The molecule has 0 spiro atoms. The highest BCUT2D eigenvalue weighted by atomic mass is 16.5. The summed E-state index contributed by atoms with van der Waals surface area (Å²) < 4.78 is 7.44. The number of aryl methyl sites for hydroxylation is 1. The van der Waals surface area contributed by atoms with E-state index >= 15 is 0 Å². The van der Waals surface area contributed by atoms with Crippen LogP contribution in [0.4, 0.5) is 0 Å². The molecule has 1 aromatic heterocycles. The van der Waals surface area contributed by atoms with Crippen molar-refractivity contribution >= 4 is 12.1 Å². The summed E-state index contributed by atoms with van der Waals surface area (Å²) in [6, 6.07) is 26.0. The lowest BCUT2D eigenvalue weighted by molar-refractivity contribution is -0.123. The normalized spacial score (nSPS) is 12.0. The van der Waals surface area contributed by atoms with Crippen LogP contribution in [0.3, 0.4) is 0 Å². The molecule has 4 rings (SSSR count). The smallest absolute Gasteiger partial charge is 0.277 e. The van der Waals surface area contributed by atoms with Gasteiger partial charge in [0.25, 0.3) is 5.91 Å². The van der Waals surface area contributed by atoms with Crippen molar-refractivity contribution in [2.24, 2.45) is 5.10 Å². The van der Waals surface area contributed by atoms with E-state index in [4.69, 9.17) is 9.84 Å². The zero-order valence-electron chi connectivity index (χ0n) is 21.0. The molecule has 6 heteroatoms. The lowest BCUT2D eigenvalue weighted by Gasteiger charge is -2.11. The fourth-order valence-corrected chi connectivity index (χ4v) is 3.98. The Kier molecular flexibility index (Phi) is 8.29. The highest BCUT2D eigenvalue weighted by molar-refractivity contribution is 5.89. The third-order valence-corrected chi connectivity index (χ3v) is 6.02. The van der Waals surface area contributed by atoms with Gasteiger partial charge in [0.15, 0.2) is 6.61 Å². The van der Waals surface area contributed by atoms with Crippen molar-refractivity contribution in [3.05, 3.63) is 102 Å². The summed E-state index contributed by atoms with van der Waals surface area (Å²) in [5, 5.41) is 8.94. The quantitative estimate of drug-likeness (QED) is 0.215. The molecule has 0 fully saturated rings. The Hall–Kier alpha value is -4.19. The maximum atomic E-state index is 12.3. The van der Waals surface area contributed by atoms with E-state index in [2.05, 4.69) is 36.5 Å². The van der Waals surface area contributed by atoms with Crippen LogP contribution in [0, 0.1) is 6.92 Å². The fourth-order valence-electron chi connectivity index (χ4n) is 3.98. The van der Waals surface area contributed by atoms with E-state index in [9.17, 15) is 4.79 Å². The number of carbonyl (C=O) groups excluding carboxylic acids is 1. The Morgan fingerprint density at radius 2 is 1.78 bits per heavy atom. The van der Waals surface area contributed by atoms with E-state index in [1.807, 2.05) is 84.5 Å². The van der Waals surface area contributed by atoms with Crippen molar-refractivity contribution in [2.75, 3.05) is 6.61 Å². The molecule has 1 atom stereocenters. The van der Waals surface area contributed by atoms with E-state index in [1.165, 1.54) is 11.1 Å². The van der Waals surface area contributed by atoms with Crippen molar-refractivity contribution in [1.82, 2.24) is 15.2 Å². The van der Waals surface area contributed by atoms with Gasteiger partial charge >= 0.3 is 0 Å². The number of hydrazone groups is 1. The summed E-state index contributed by atoms with van der Waals surface area (Å²) in [4.78, 5) is 12.3. The SMILES string of the molecule is CCCC(C)c1ccc(OCC(=O)N/N=C/c2cn(-c3ccccc3)nc2-c2ccc(C)cc2)cc1. The Morgan fingerprint density at radius 1 is 1.06 bits per heavy atom. The largest absolute Gasteiger partial charge is 0.484 e. The molecule has 0 saturated heterocycles. The van der Waals surface area contributed by atoms with E-state index < -0.39 is 0 Å². The molecule has 0 saturated carbocycles. The lowest BCUT2D eigenvalue weighted by Crippen LogP contribution is -2.24. The highest BCUT2D eigenvalue weighted by Crippen LogP contribution is 2.24. The van der Waals surface area contributed by atoms with Gasteiger partial charge < -0.3 is 4.74 Å². The molecule has 0 bridgehead atoms. The zero-order valence-corrected chi connectivity index (χ0v) is 21.0. The van der Waals surface area contributed by atoms with Crippen LogP contribution in [0.15, 0.2) is 90.2 Å². The number of benzene rings is 3. The first-order chi connectivity index (χ1) is 17.5. The second-order valence-electron chi connectivity index (χ2n) is 8.92. The van der Waals surface area contributed by atoms with Gasteiger partial charge in [-0.25, -0.2) is 10.1 Å². The van der Waals surface area contributed by atoms with Crippen LogP contribution in [0.2, 0.25) is 0 Å². The minimum atomic E-state index is -0.331. The zero-order chi connectivity index (χ0) is 25.3. The van der Waals surface area contributed by atoms with E-state index in [0.29, 0.717) is 11.7 Å². The lowest BCUT2D eigenvalue weighted by atomic mass is 9.97. The molecule has 0 aliphatic rings. The predicted octanol–water partition coefficient (Wildman–Crippen LogP) is 6.28. The molecule has 1 heterocycles. The van der Waals surface area contributed by atoms with Crippen molar-refractivity contribution in [2.45, 2.75) is 39.5 Å². The van der Waals surface area contributed by atoms with Crippen LogP contribution in [-0.2, 0) is 4.79 Å². The van der Waals surface area contributed by atoms with Crippen molar-refractivity contribution < 1.29 is 9.53 Å². The average Bonchev–Trinajstić information content (AvgIpc) is 3.33. The first kappa shape index (κ1) is 24.9. The summed E-state index contributed by atoms with van der Waals surface area (Å²) in [7, 11) is 0. The molecule has 0 aliphatic heterocycles. The van der Waals surface area contributed by atoms with Gasteiger partial charge in [0.2, 0.25) is 0 Å². The molecule has 1 amide bonds. The molecule has 3 aromatic carbocycles. The number of hydrogen-bond donors (Lipinski definition) is 1. The number of nitrogens with zero attached hydrogens (tertiary/aromatic N) is 3. The van der Waals surface area contributed by atoms with Gasteiger partial charge in [-0.15, -0.1) is 0 Å². The van der Waals surface area contributed by atoms with Crippen LogP contribution < -0.4 is 10.2 Å².